The van der Waals surface area contributed by atoms with E-state index in [1.54, 1.807) is 17.5 Å². The molecular weight excluding hydrogens is 525 g/mol. The van der Waals surface area contributed by atoms with E-state index in [0.29, 0.717) is 16.7 Å². The molecule has 3 heterocycles. The minimum atomic E-state index is -3.45. The van der Waals surface area contributed by atoms with Crippen molar-refractivity contribution in [1.29, 1.82) is 0 Å². The van der Waals surface area contributed by atoms with E-state index in [0.717, 1.165) is 44.0 Å². The summed E-state index contributed by atoms with van der Waals surface area (Å²) in [5.41, 5.74) is 0. The smallest absolute Gasteiger partial charge is 0.250 e. The molecule has 3 N–H and O–H groups in total. The number of nitrogens with one attached hydrogen (secondary N) is 3. The second-order valence-electron chi connectivity index (χ2n) is 6.45. The van der Waals surface area contributed by atoms with Gasteiger partial charge in [-0.15, -0.1) is 35.3 Å². The van der Waals surface area contributed by atoms with Crippen LogP contribution < -0.4 is 15.4 Å². The molecule has 0 radical (unpaired) electrons. The van der Waals surface area contributed by atoms with Crippen LogP contribution in [0.1, 0.15) is 31.9 Å². The first-order valence-corrected chi connectivity index (χ1v) is 11.9. The molecule has 1 unspecified atom stereocenters. The number of rotatable bonds is 8. The number of aromatic nitrogens is 3. The lowest BCUT2D eigenvalue weighted by molar-refractivity contribution is 0.392. The number of aliphatic imine (C=N–C) groups is 1. The van der Waals surface area contributed by atoms with Crippen molar-refractivity contribution >= 4 is 51.3 Å². The third-order valence-electron chi connectivity index (χ3n) is 4.34. The number of hydrogen-bond donors (Lipinski definition) is 3. The summed E-state index contributed by atoms with van der Waals surface area (Å²) in [4.78, 5) is 9.03. The predicted octanol–water partition coefficient (Wildman–Crippen LogP) is 1.37. The first-order chi connectivity index (χ1) is 13.5. The molecule has 2 aromatic heterocycles. The zero-order valence-electron chi connectivity index (χ0n) is 16.6. The minimum Gasteiger partial charge on any atom is -0.357 e. The van der Waals surface area contributed by atoms with Gasteiger partial charge in [-0.05, 0) is 24.8 Å². The molecule has 1 atom stereocenters. The number of halogens is 1. The van der Waals surface area contributed by atoms with Crippen molar-refractivity contribution in [3.05, 3.63) is 29.2 Å². The van der Waals surface area contributed by atoms with E-state index in [-0.39, 0.29) is 36.6 Å². The van der Waals surface area contributed by atoms with Gasteiger partial charge in [0.25, 0.3) is 0 Å². The maximum absolute atomic E-state index is 12.1. The highest BCUT2D eigenvalue weighted by molar-refractivity contribution is 14.0. The third-order valence-corrected chi connectivity index (χ3v) is 7.20. The predicted molar refractivity (Wildman–Crippen MR) is 126 cm³/mol. The van der Waals surface area contributed by atoms with Gasteiger partial charge in [-0.3, -0.25) is 4.99 Å². The monoisotopic (exact) mass is 553 g/mol. The van der Waals surface area contributed by atoms with E-state index in [1.165, 1.54) is 11.3 Å². The van der Waals surface area contributed by atoms with Crippen LogP contribution in [-0.2, 0) is 29.4 Å². The summed E-state index contributed by atoms with van der Waals surface area (Å²) in [5.74, 6) is 2.61. The van der Waals surface area contributed by atoms with E-state index >= 15 is 0 Å². The maximum atomic E-state index is 12.1. The van der Waals surface area contributed by atoms with Crippen LogP contribution in [0.3, 0.4) is 0 Å². The average molecular weight is 553 g/mol. The fourth-order valence-electron chi connectivity index (χ4n) is 2.98. The highest BCUT2D eigenvalue weighted by Crippen LogP contribution is 2.15. The third kappa shape index (κ3) is 6.62. The normalized spacial score (nSPS) is 16.8. The molecular formula is C17H28IN7O2S2. The Labute approximate surface area is 192 Å². The van der Waals surface area contributed by atoms with Gasteiger partial charge in [0.05, 0.1) is 13.1 Å². The number of sulfonamides is 1. The topological polar surface area (TPSA) is 113 Å². The van der Waals surface area contributed by atoms with E-state index in [4.69, 9.17) is 0 Å². The van der Waals surface area contributed by atoms with Crippen LogP contribution in [0.15, 0.2) is 26.7 Å². The van der Waals surface area contributed by atoms with Crippen molar-refractivity contribution in [2.24, 2.45) is 4.99 Å². The Kier molecular flexibility index (Phi) is 9.30. The highest BCUT2D eigenvalue weighted by atomic mass is 127. The summed E-state index contributed by atoms with van der Waals surface area (Å²) < 4.78 is 29.1. The number of hydrogen-bond acceptors (Lipinski definition) is 6. The molecule has 9 nitrogen and oxygen atoms in total. The van der Waals surface area contributed by atoms with E-state index < -0.39 is 10.0 Å². The van der Waals surface area contributed by atoms with Crippen molar-refractivity contribution in [1.82, 2.24) is 30.1 Å². The van der Waals surface area contributed by atoms with Crippen LogP contribution in [0.5, 0.6) is 0 Å². The van der Waals surface area contributed by atoms with Crippen molar-refractivity contribution in [2.45, 2.75) is 49.9 Å². The molecule has 0 saturated carbocycles. The summed E-state index contributed by atoms with van der Waals surface area (Å²) in [6, 6.07) is 3.52. The summed E-state index contributed by atoms with van der Waals surface area (Å²) in [6.45, 7) is 6.13. The molecule has 29 heavy (non-hydrogen) atoms. The number of guanidine groups is 1. The molecule has 2 aromatic rings. The van der Waals surface area contributed by atoms with Crippen LogP contribution in [-0.4, -0.2) is 54.8 Å². The lowest BCUT2D eigenvalue weighted by Crippen LogP contribution is -2.47. The Morgan fingerprint density at radius 2 is 2.24 bits per heavy atom. The molecule has 12 heteroatoms. The van der Waals surface area contributed by atoms with Crippen LogP contribution in [0.2, 0.25) is 0 Å². The van der Waals surface area contributed by atoms with Gasteiger partial charge in [0.1, 0.15) is 10.0 Å². The van der Waals surface area contributed by atoms with Gasteiger partial charge in [0, 0.05) is 32.0 Å². The zero-order valence-corrected chi connectivity index (χ0v) is 20.6. The molecule has 0 aliphatic carbocycles. The summed E-state index contributed by atoms with van der Waals surface area (Å²) in [7, 11) is -3.45. The summed E-state index contributed by atoms with van der Waals surface area (Å²) in [5, 5.41) is 12.9. The number of aryl methyl sites for hydroxylation is 2. The Hall–Kier alpha value is -1.25. The average Bonchev–Trinajstić information content (AvgIpc) is 3.34. The minimum absolute atomic E-state index is 0. The zero-order chi connectivity index (χ0) is 20.0. The molecule has 0 amide bonds. The van der Waals surface area contributed by atoms with Crippen molar-refractivity contribution in [3.63, 3.8) is 0 Å². The highest BCUT2D eigenvalue weighted by Gasteiger charge is 2.22. The van der Waals surface area contributed by atoms with Gasteiger partial charge < -0.3 is 10.6 Å². The Morgan fingerprint density at radius 3 is 2.93 bits per heavy atom. The first-order valence-electron chi connectivity index (χ1n) is 9.52. The molecule has 0 bridgehead atoms. The molecule has 162 valence electrons. The van der Waals surface area contributed by atoms with Gasteiger partial charge in [0.15, 0.2) is 11.8 Å². The lowest BCUT2D eigenvalue weighted by atomic mass is 10.1. The van der Waals surface area contributed by atoms with E-state index in [1.807, 2.05) is 11.6 Å². The standard InChI is InChI=1S/C17H27N7O2S2.HI/c1-3-14-22-15-8-7-13(12-24(15)23-14)21-17(18-4-2)19-9-10-20-28(25,26)16-6-5-11-27-16;/h5-6,11,13,20H,3-4,7-10,12H2,1-2H3,(H2,18,19,21);1H. The van der Waals surface area contributed by atoms with Gasteiger partial charge in [-0.25, -0.2) is 22.8 Å². The van der Waals surface area contributed by atoms with Gasteiger partial charge in [-0.1, -0.05) is 13.0 Å². The Balaban J connectivity index is 0.00000300. The molecule has 1 aliphatic rings. The van der Waals surface area contributed by atoms with Crippen molar-refractivity contribution < 1.29 is 8.42 Å². The maximum Gasteiger partial charge on any atom is 0.250 e. The van der Waals surface area contributed by atoms with E-state index in [2.05, 4.69) is 37.4 Å². The molecule has 1 aliphatic heterocycles. The second-order valence-corrected chi connectivity index (χ2v) is 9.39. The van der Waals surface area contributed by atoms with Crippen molar-refractivity contribution in [2.75, 3.05) is 19.6 Å². The largest absolute Gasteiger partial charge is 0.357 e. The number of thiophene rings is 1. The lowest BCUT2D eigenvalue weighted by Gasteiger charge is -2.25. The fourth-order valence-corrected chi connectivity index (χ4v) is 5.04. The molecule has 0 saturated heterocycles. The Bertz CT molecular complexity index is 897. The van der Waals surface area contributed by atoms with Gasteiger partial charge >= 0.3 is 0 Å². The molecule has 0 aromatic carbocycles. The first kappa shape index (κ1) is 24.0. The van der Waals surface area contributed by atoms with Gasteiger partial charge in [-0.2, -0.15) is 5.10 Å². The van der Waals surface area contributed by atoms with Crippen LogP contribution >= 0.6 is 35.3 Å². The molecule has 0 fully saturated rings. The van der Waals surface area contributed by atoms with Crippen LogP contribution in [0.4, 0.5) is 0 Å². The summed E-state index contributed by atoms with van der Waals surface area (Å²) >= 11 is 1.20. The molecule has 3 rings (SSSR count). The SMILES string of the molecule is CCNC(=NCCNS(=O)(=O)c1cccs1)NC1CCc2nc(CC)nn2C1.I. The quantitative estimate of drug-likeness (QED) is 0.197. The fraction of sp³-hybridized carbons (Fsp3) is 0.588. The van der Waals surface area contributed by atoms with Crippen molar-refractivity contribution in [3.8, 4) is 0 Å². The van der Waals surface area contributed by atoms with Gasteiger partial charge in [0.2, 0.25) is 10.0 Å². The summed E-state index contributed by atoms with van der Waals surface area (Å²) in [6.07, 6.45) is 2.67. The number of fused-ring (bicyclic) bond motifs is 1. The van der Waals surface area contributed by atoms with E-state index in [9.17, 15) is 8.42 Å². The van der Waals surface area contributed by atoms with Crippen LogP contribution in [0, 0.1) is 0 Å². The van der Waals surface area contributed by atoms with Crippen LogP contribution in [0.25, 0.3) is 0 Å². The Morgan fingerprint density at radius 1 is 1.41 bits per heavy atom. The second kappa shape index (κ2) is 11.2. The number of nitrogens with zero attached hydrogens (tertiary/aromatic N) is 4. The molecule has 0 spiro atoms.